The Morgan fingerprint density at radius 1 is 1.17 bits per heavy atom. The number of nitrogens with zero attached hydrogens (tertiary/aromatic N) is 3. The van der Waals surface area contributed by atoms with Gasteiger partial charge in [-0.1, -0.05) is 26.0 Å². The Bertz CT molecular complexity index is 1460. The van der Waals surface area contributed by atoms with Crippen LogP contribution in [0.25, 0.3) is 21.3 Å². The van der Waals surface area contributed by atoms with Gasteiger partial charge in [0.1, 0.15) is 16.1 Å². The first-order valence-electron chi connectivity index (χ1n) is 12.1. The highest BCUT2D eigenvalue weighted by Crippen LogP contribution is 2.51. The monoisotopic (exact) mass is 502 g/mol. The fourth-order valence-electron chi connectivity index (χ4n) is 5.44. The van der Waals surface area contributed by atoms with E-state index in [2.05, 4.69) is 38.5 Å². The molecule has 4 aromatic rings. The summed E-state index contributed by atoms with van der Waals surface area (Å²) in [4.78, 5) is 26.4. The van der Waals surface area contributed by atoms with Crippen LogP contribution in [-0.4, -0.2) is 31.1 Å². The first kappa shape index (κ1) is 24.3. The smallest absolute Gasteiger partial charge is 0.307 e. The molecule has 0 bridgehead atoms. The van der Waals surface area contributed by atoms with Crippen LogP contribution in [0.4, 0.5) is 11.5 Å². The highest BCUT2D eigenvalue weighted by atomic mass is 32.1. The molecule has 2 atom stereocenters. The molecule has 8 heteroatoms. The minimum atomic E-state index is -1.13. The van der Waals surface area contributed by atoms with Crippen molar-refractivity contribution in [1.82, 2.24) is 15.0 Å². The van der Waals surface area contributed by atoms with Crippen LogP contribution in [0, 0.1) is 25.2 Å². The Balaban J connectivity index is 1.45. The van der Waals surface area contributed by atoms with E-state index in [-0.39, 0.29) is 0 Å². The highest BCUT2D eigenvalue weighted by Gasteiger charge is 2.49. The van der Waals surface area contributed by atoms with Gasteiger partial charge in [0.15, 0.2) is 5.82 Å². The van der Waals surface area contributed by atoms with Crippen LogP contribution in [0.3, 0.4) is 0 Å². The summed E-state index contributed by atoms with van der Waals surface area (Å²) in [5.74, 6) is -0.560. The molecular weight excluding hydrogens is 472 g/mol. The maximum absolute atomic E-state index is 11.7. The number of rotatable bonds is 5. The minimum absolute atomic E-state index is 0.365. The third-order valence-corrected chi connectivity index (χ3v) is 8.32. The maximum Gasteiger partial charge on any atom is 0.307 e. The van der Waals surface area contributed by atoms with Crippen molar-refractivity contribution in [2.24, 2.45) is 11.3 Å². The molecule has 7 nitrogen and oxygen atoms in total. The standard InChI is InChI=1S/C28H30N4O3S/c1-16-10-19(13-20(11-16)32-24-23-18(6-5-9-29-23)12-17(2)31-24)22-14-30-26(36-22)28(35)8-7-21(25(33)34)27(3,4)15-28/h5-6,9-14,21,35H,7-8,15H2,1-4H3,(H,31,32)(H,33,34). The molecule has 186 valence electrons. The first-order chi connectivity index (χ1) is 17.0. The van der Waals surface area contributed by atoms with E-state index in [0.717, 1.165) is 38.3 Å². The van der Waals surface area contributed by atoms with Crippen LogP contribution in [0.1, 0.15) is 49.4 Å². The molecule has 0 aliphatic heterocycles. The second-order valence-electron chi connectivity index (χ2n) is 10.6. The van der Waals surface area contributed by atoms with E-state index in [4.69, 9.17) is 0 Å². The number of hydrogen-bond acceptors (Lipinski definition) is 7. The van der Waals surface area contributed by atoms with E-state index >= 15 is 0 Å². The summed E-state index contributed by atoms with van der Waals surface area (Å²) in [5.41, 5.74) is 3.04. The summed E-state index contributed by atoms with van der Waals surface area (Å²) in [6.07, 6.45) is 4.75. The van der Waals surface area contributed by atoms with Gasteiger partial charge in [0.25, 0.3) is 0 Å². The zero-order valence-corrected chi connectivity index (χ0v) is 21.7. The number of pyridine rings is 2. The van der Waals surface area contributed by atoms with Crippen molar-refractivity contribution in [2.45, 2.75) is 52.6 Å². The Kier molecular flexibility index (Phi) is 6.04. The second kappa shape index (κ2) is 8.94. The number of aliphatic hydroxyl groups is 1. The highest BCUT2D eigenvalue weighted by molar-refractivity contribution is 7.15. The van der Waals surface area contributed by atoms with Gasteiger partial charge >= 0.3 is 5.97 Å². The molecule has 3 N–H and O–H groups in total. The van der Waals surface area contributed by atoms with E-state index in [1.165, 1.54) is 11.3 Å². The lowest BCUT2D eigenvalue weighted by molar-refractivity contribution is -0.154. The predicted molar refractivity (Wildman–Crippen MR) is 142 cm³/mol. The summed E-state index contributed by atoms with van der Waals surface area (Å²) in [5, 5.41) is 26.2. The van der Waals surface area contributed by atoms with E-state index in [0.29, 0.717) is 30.1 Å². The normalized spacial score (nSPS) is 21.4. The molecule has 3 heterocycles. The number of carboxylic acids is 1. The van der Waals surface area contributed by atoms with Crippen molar-refractivity contribution in [2.75, 3.05) is 5.32 Å². The molecular formula is C28H30N4O3S. The van der Waals surface area contributed by atoms with Gasteiger partial charge in [-0.25, -0.2) is 9.97 Å². The number of thiazole rings is 1. The molecule has 1 aliphatic rings. The number of fused-ring (bicyclic) bond motifs is 1. The Labute approximate surface area is 214 Å². The molecule has 0 amide bonds. The maximum atomic E-state index is 11.7. The van der Waals surface area contributed by atoms with E-state index in [1.807, 2.05) is 45.9 Å². The summed E-state index contributed by atoms with van der Waals surface area (Å²) in [6, 6.07) is 12.2. The minimum Gasteiger partial charge on any atom is -0.481 e. The van der Waals surface area contributed by atoms with E-state index in [9.17, 15) is 15.0 Å². The fraction of sp³-hybridized carbons (Fsp3) is 0.357. The lowest BCUT2D eigenvalue weighted by Crippen LogP contribution is -2.44. The van der Waals surface area contributed by atoms with Crippen LogP contribution in [0.2, 0.25) is 0 Å². The van der Waals surface area contributed by atoms with Gasteiger partial charge in [-0.15, -0.1) is 11.3 Å². The predicted octanol–water partition coefficient (Wildman–Crippen LogP) is 6.21. The van der Waals surface area contributed by atoms with Crippen LogP contribution in [0.15, 0.2) is 48.8 Å². The molecule has 0 saturated heterocycles. The largest absolute Gasteiger partial charge is 0.481 e. The molecule has 0 spiro atoms. The molecule has 1 aliphatic carbocycles. The van der Waals surface area contributed by atoms with Crippen molar-refractivity contribution in [3.8, 4) is 10.4 Å². The number of carboxylic acid groups (broad SMARTS) is 1. The van der Waals surface area contributed by atoms with Crippen LogP contribution in [0.5, 0.6) is 0 Å². The molecule has 3 aromatic heterocycles. The van der Waals surface area contributed by atoms with E-state index in [1.54, 1.807) is 12.4 Å². The number of nitrogens with one attached hydrogen (secondary N) is 1. The molecule has 1 fully saturated rings. The Morgan fingerprint density at radius 2 is 1.97 bits per heavy atom. The lowest BCUT2D eigenvalue weighted by atomic mass is 9.63. The van der Waals surface area contributed by atoms with Gasteiger partial charge in [-0.3, -0.25) is 9.78 Å². The quantitative estimate of drug-likeness (QED) is 0.298. The number of carbonyl (C=O) groups is 1. The van der Waals surface area contributed by atoms with Crippen molar-refractivity contribution in [1.29, 1.82) is 0 Å². The number of aryl methyl sites for hydroxylation is 2. The molecule has 1 aromatic carbocycles. The lowest BCUT2D eigenvalue weighted by Gasteiger charge is -2.44. The van der Waals surface area contributed by atoms with Gasteiger partial charge in [-0.2, -0.15) is 0 Å². The first-order valence-corrected chi connectivity index (χ1v) is 12.9. The fourth-order valence-corrected chi connectivity index (χ4v) is 6.46. The van der Waals surface area contributed by atoms with Crippen molar-refractivity contribution < 1.29 is 15.0 Å². The van der Waals surface area contributed by atoms with Crippen molar-refractivity contribution >= 4 is 39.7 Å². The van der Waals surface area contributed by atoms with Gasteiger partial charge in [0.05, 0.1) is 10.8 Å². The summed E-state index contributed by atoms with van der Waals surface area (Å²) in [7, 11) is 0. The number of aliphatic carboxylic acids is 1. The topological polar surface area (TPSA) is 108 Å². The number of benzene rings is 1. The average Bonchev–Trinajstić information content (AvgIpc) is 3.29. The second-order valence-corrected chi connectivity index (χ2v) is 11.6. The third-order valence-electron chi connectivity index (χ3n) is 7.08. The Hall–Kier alpha value is -3.36. The van der Waals surface area contributed by atoms with Gasteiger partial charge in [0, 0.05) is 29.2 Å². The zero-order chi connectivity index (χ0) is 25.7. The van der Waals surface area contributed by atoms with Crippen LogP contribution in [-0.2, 0) is 10.4 Å². The SMILES string of the molecule is Cc1cc(Nc2nc(C)cc3cccnc23)cc(-c2cnc(C3(O)CCC(C(=O)O)C(C)(C)C3)s2)c1. The van der Waals surface area contributed by atoms with E-state index < -0.39 is 22.9 Å². The van der Waals surface area contributed by atoms with Crippen LogP contribution < -0.4 is 5.32 Å². The number of anilines is 2. The van der Waals surface area contributed by atoms with Crippen LogP contribution >= 0.6 is 11.3 Å². The molecule has 0 radical (unpaired) electrons. The van der Waals surface area contributed by atoms with Crippen molar-refractivity contribution in [3.63, 3.8) is 0 Å². The Morgan fingerprint density at radius 3 is 2.72 bits per heavy atom. The molecule has 2 unspecified atom stereocenters. The molecule has 36 heavy (non-hydrogen) atoms. The number of hydrogen-bond donors (Lipinski definition) is 3. The summed E-state index contributed by atoms with van der Waals surface area (Å²) in [6.45, 7) is 7.84. The third kappa shape index (κ3) is 4.58. The summed E-state index contributed by atoms with van der Waals surface area (Å²) < 4.78 is 0. The van der Waals surface area contributed by atoms with Gasteiger partial charge < -0.3 is 15.5 Å². The van der Waals surface area contributed by atoms with Gasteiger partial charge in [-0.05, 0) is 73.9 Å². The molecule has 5 rings (SSSR count). The van der Waals surface area contributed by atoms with Gasteiger partial charge in [0.2, 0.25) is 0 Å². The zero-order valence-electron chi connectivity index (χ0n) is 20.9. The molecule has 1 saturated carbocycles. The average molecular weight is 503 g/mol. The number of aromatic nitrogens is 3. The summed E-state index contributed by atoms with van der Waals surface area (Å²) >= 11 is 1.47. The van der Waals surface area contributed by atoms with Crippen molar-refractivity contribution in [3.05, 3.63) is 65.1 Å².